The third-order valence-corrected chi connectivity index (χ3v) is 7.20. The van der Waals surface area contributed by atoms with E-state index in [4.69, 9.17) is 5.10 Å². The fraction of sp³-hybridized carbons (Fsp3) is 0.560. The summed E-state index contributed by atoms with van der Waals surface area (Å²) in [5.41, 5.74) is 5.09. The lowest BCUT2D eigenvalue weighted by molar-refractivity contribution is 0.0655. The van der Waals surface area contributed by atoms with Crippen LogP contribution in [0.15, 0.2) is 24.3 Å². The predicted molar refractivity (Wildman–Crippen MR) is 123 cm³/mol. The molecule has 1 aromatic carbocycles. The third-order valence-electron chi connectivity index (χ3n) is 7.20. The number of aromatic nitrogens is 2. The van der Waals surface area contributed by atoms with E-state index in [1.807, 2.05) is 14.5 Å². The Hall–Kier alpha value is -2.83. The highest BCUT2D eigenvalue weighted by Crippen LogP contribution is 2.29. The first kappa shape index (κ1) is 21.0. The van der Waals surface area contributed by atoms with E-state index in [2.05, 4.69) is 36.5 Å². The number of amides is 3. The monoisotopic (exact) mass is 435 g/mol. The lowest BCUT2D eigenvalue weighted by atomic mass is 9.96. The van der Waals surface area contributed by atoms with E-state index >= 15 is 0 Å². The molecule has 1 aromatic heterocycles. The van der Waals surface area contributed by atoms with E-state index in [0.717, 1.165) is 43.4 Å². The second kappa shape index (κ2) is 8.96. The van der Waals surface area contributed by atoms with Crippen molar-refractivity contribution >= 4 is 11.9 Å². The Morgan fingerprint density at radius 2 is 1.59 bits per heavy atom. The minimum Gasteiger partial charge on any atom is -0.335 e. The van der Waals surface area contributed by atoms with Gasteiger partial charge in [-0.25, -0.2) is 9.48 Å². The second-order valence-corrected chi connectivity index (χ2v) is 9.44. The zero-order chi connectivity index (χ0) is 22.1. The molecule has 170 valence electrons. The van der Waals surface area contributed by atoms with Gasteiger partial charge in [-0.3, -0.25) is 4.79 Å². The number of nitrogens with one attached hydrogen (secondary N) is 1. The van der Waals surface area contributed by atoms with Crippen molar-refractivity contribution in [1.82, 2.24) is 24.9 Å². The van der Waals surface area contributed by atoms with Crippen LogP contribution in [0.3, 0.4) is 0 Å². The number of fused-ring (bicyclic) bond motifs is 1. The van der Waals surface area contributed by atoms with E-state index in [0.29, 0.717) is 37.9 Å². The molecule has 32 heavy (non-hydrogen) atoms. The number of carbonyl (C=O) groups excluding carboxylic acids is 2. The maximum absolute atomic E-state index is 13.4. The topological polar surface area (TPSA) is 70.5 Å². The average Bonchev–Trinajstić information content (AvgIpc) is 3.43. The Morgan fingerprint density at radius 3 is 2.31 bits per heavy atom. The molecule has 3 aliphatic rings. The van der Waals surface area contributed by atoms with Crippen molar-refractivity contribution in [2.75, 3.05) is 26.2 Å². The van der Waals surface area contributed by atoms with Crippen molar-refractivity contribution < 1.29 is 9.59 Å². The molecule has 1 aliphatic heterocycles. The molecule has 5 rings (SSSR count). The summed E-state index contributed by atoms with van der Waals surface area (Å²) in [7, 11) is 0. The quantitative estimate of drug-likeness (QED) is 0.803. The van der Waals surface area contributed by atoms with Gasteiger partial charge in [-0.15, -0.1) is 0 Å². The maximum atomic E-state index is 13.4. The fourth-order valence-corrected chi connectivity index (χ4v) is 5.28. The van der Waals surface area contributed by atoms with E-state index in [1.54, 1.807) is 0 Å². The number of benzene rings is 1. The summed E-state index contributed by atoms with van der Waals surface area (Å²) >= 11 is 0. The molecule has 1 saturated carbocycles. The number of aryl methyl sites for hydroxylation is 1. The standard InChI is InChI=1S/C25H33N5O2/c1-18-10-12-20(13-11-18)30-22-9-5-8-21(22)23(27-30)24(31)28-14-16-29(17-15-28)25(32)26-19-6-3-2-4-7-19/h10-13,19H,2-9,14-17H2,1H3,(H,26,32). The van der Waals surface area contributed by atoms with Crippen molar-refractivity contribution in [3.05, 3.63) is 46.8 Å². The molecule has 0 atom stereocenters. The first-order valence-corrected chi connectivity index (χ1v) is 12.1. The van der Waals surface area contributed by atoms with Crippen LogP contribution < -0.4 is 5.32 Å². The molecule has 7 heteroatoms. The summed E-state index contributed by atoms with van der Waals surface area (Å²) in [6.07, 6.45) is 8.77. The van der Waals surface area contributed by atoms with Crippen LogP contribution in [0.25, 0.3) is 5.69 Å². The van der Waals surface area contributed by atoms with Crippen molar-refractivity contribution in [3.8, 4) is 5.69 Å². The number of urea groups is 1. The maximum Gasteiger partial charge on any atom is 0.317 e. The molecule has 1 saturated heterocycles. The van der Waals surface area contributed by atoms with Crippen LogP contribution >= 0.6 is 0 Å². The van der Waals surface area contributed by atoms with Crippen LogP contribution in [0.4, 0.5) is 4.79 Å². The lowest BCUT2D eigenvalue weighted by Crippen LogP contribution is -2.54. The van der Waals surface area contributed by atoms with E-state index < -0.39 is 0 Å². The highest BCUT2D eigenvalue weighted by atomic mass is 16.2. The normalized spacial score (nSPS) is 19.2. The number of hydrogen-bond donors (Lipinski definition) is 1. The van der Waals surface area contributed by atoms with E-state index in [-0.39, 0.29) is 11.9 Å². The zero-order valence-electron chi connectivity index (χ0n) is 19.0. The van der Waals surface area contributed by atoms with E-state index in [1.165, 1.54) is 30.5 Å². The molecule has 2 aromatic rings. The molecule has 0 bridgehead atoms. The molecule has 0 unspecified atom stereocenters. The Morgan fingerprint density at radius 1 is 0.906 bits per heavy atom. The molecule has 2 heterocycles. The largest absolute Gasteiger partial charge is 0.335 e. The molecule has 2 fully saturated rings. The molecule has 1 N–H and O–H groups in total. The smallest absolute Gasteiger partial charge is 0.317 e. The van der Waals surface area contributed by atoms with Crippen LogP contribution in [0.2, 0.25) is 0 Å². The summed E-state index contributed by atoms with van der Waals surface area (Å²) in [5.74, 6) is 0.00125. The Balaban J connectivity index is 1.25. The van der Waals surface area contributed by atoms with Gasteiger partial charge in [0.05, 0.1) is 5.69 Å². The van der Waals surface area contributed by atoms with E-state index in [9.17, 15) is 9.59 Å². The highest BCUT2D eigenvalue weighted by molar-refractivity contribution is 5.94. The summed E-state index contributed by atoms with van der Waals surface area (Å²) in [6.45, 7) is 4.34. The van der Waals surface area contributed by atoms with Crippen LogP contribution in [0, 0.1) is 6.92 Å². The summed E-state index contributed by atoms with van der Waals surface area (Å²) in [6, 6.07) is 8.63. The van der Waals surface area contributed by atoms with Gasteiger partial charge in [0.2, 0.25) is 0 Å². The average molecular weight is 436 g/mol. The molecular formula is C25H33N5O2. The minimum absolute atomic E-state index is 0.00125. The summed E-state index contributed by atoms with van der Waals surface area (Å²) in [5, 5.41) is 7.96. The second-order valence-electron chi connectivity index (χ2n) is 9.44. The van der Waals surface area contributed by atoms with Gasteiger partial charge < -0.3 is 15.1 Å². The highest BCUT2D eigenvalue weighted by Gasteiger charge is 2.32. The first-order valence-electron chi connectivity index (χ1n) is 12.1. The number of rotatable bonds is 3. The predicted octanol–water partition coefficient (Wildman–Crippen LogP) is 3.47. The Kier molecular flexibility index (Phi) is 5.89. The lowest BCUT2D eigenvalue weighted by Gasteiger charge is -2.35. The third kappa shape index (κ3) is 4.12. The number of nitrogens with zero attached hydrogens (tertiary/aromatic N) is 4. The Labute approximate surface area is 189 Å². The molecule has 7 nitrogen and oxygen atoms in total. The van der Waals surface area contributed by atoms with Crippen molar-refractivity contribution in [2.24, 2.45) is 0 Å². The van der Waals surface area contributed by atoms with Crippen LogP contribution in [-0.2, 0) is 12.8 Å². The van der Waals surface area contributed by atoms with Gasteiger partial charge in [0.1, 0.15) is 0 Å². The van der Waals surface area contributed by atoms with Crippen molar-refractivity contribution in [1.29, 1.82) is 0 Å². The van der Waals surface area contributed by atoms with Crippen molar-refractivity contribution in [2.45, 2.75) is 64.3 Å². The van der Waals surface area contributed by atoms with Gasteiger partial charge >= 0.3 is 6.03 Å². The number of piperazine rings is 1. The molecular weight excluding hydrogens is 402 g/mol. The van der Waals surface area contributed by atoms with Crippen LogP contribution in [0.5, 0.6) is 0 Å². The summed E-state index contributed by atoms with van der Waals surface area (Å²) < 4.78 is 1.96. The van der Waals surface area contributed by atoms with Gasteiger partial charge in [-0.05, 0) is 51.2 Å². The summed E-state index contributed by atoms with van der Waals surface area (Å²) in [4.78, 5) is 29.7. The van der Waals surface area contributed by atoms with Gasteiger partial charge in [0.15, 0.2) is 5.69 Å². The SMILES string of the molecule is Cc1ccc(-n2nc(C(=O)N3CCN(C(=O)NC4CCCCC4)CC3)c3c2CCC3)cc1. The first-order chi connectivity index (χ1) is 15.6. The molecule has 0 spiro atoms. The van der Waals surface area contributed by atoms with Crippen LogP contribution in [-0.4, -0.2) is 63.7 Å². The fourth-order valence-electron chi connectivity index (χ4n) is 5.28. The number of carbonyl (C=O) groups is 2. The Bertz CT molecular complexity index is 983. The van der Waals surface area contributed by atoms with Gasteiger partial charge in [-0.1, -0.05) is 37.0 Å². The minimum atomic E-state index is 0.00125. The molecule has 3 amide bonds. The molecule has 2 aliphatic carbocycles. The van der Waals surface area contributed by atoms with Gasteiger partial charge in [0, 0.05) is 43.5 Å². The molecule has 0 radical (unpaired) electrons. The van der Waals surface area contributed by atoms with Crippen LogP contribution in [0.1, 0.15) is 65.8 Å². The van der Waals surface area contributed by atoms with Gasteiger partial charge in [-0.2, -0.15) is 5.10 Å². The number of hydrogen-bond acceptors (Lipinski definition) is 3. The van der Waals surface area contributed by atoms with Crippen molar-refractivity contribution in [3.63, 3.8) is 0 Å². The zero-order valence-corrected chi connectivity index (χ0v) is 19.0. The van der Waals surface area contributed by atoms with Gasteiger partial charge in [0.25, 0.3) is 5.91 Å².